The second-order valence-corrected chi connectivity index (χ2v) is 7.94. The second kappa shape index (κ2) is 7.51. The van der Waals surface area contributed by atoms with Crippen molar-refractivity contribution in [3.63, 3.8) is 0 Å². The molecule has 5 nitrogen and oxygen atoms in total. The third kappa shape index (κ3) is 5.18. The van der Waals surface area contributed by atoms with Gasteiger partial charge in [0, 0.05) is 32.1 Å². The van der Waals surface area contributed by atoms with Crippen LogP contribution in [0.4, 0.5) is 0 Å². The Morgan fingerprint density at radius 2 is 1.91 bits per heavy atom. The third-order valence-corrected chi connectivity index (χ3v) is 5.20. The lowest BCUT2D eigenvalue weighted by atomic mass is 9.71. The number of aliphatic hydroxyl groups excluding tert-OH is 1. The molecule has 1 unspecified atom stereocenters. The van der Waals surface area contributed by atoms with Gasteiger partial charge in [-0.1, -0.05) is 20.8 Å². The molecule has 0 amide bonds. The standard InChI is InChI=1S/C18H33NO4/c1-5-19(11-8-16(20)21)12-15-13-22-18(23-15)9-6-14(7-10-18)17(2,3)4/h8,11,14-16,20-21H,5-7,9-10,12-13H2,1-4H3/b11-8+. The molecule has 2 aliphatic rings. The van der Waals surface area contributed by atoms with Crippen LogP contribution in [0.25, 0.3) is 0 Å². The molecule has 1 saturated carbocycles. The molecule has 134 valence electrons. The molecule has 0 aromatic carbocycles. The number of aliphatic hydroxyl groups is 2. The summed E-state index contributed by atoms with van der Waals surface area (Å²) >= 11 is 0. The van der Waals surface area contributed by atoms with Crippen molar-refractivity contribution >= 4 is 0 Å². The van der Waals surface area contributed by atoms with Crippen molar-refractivity contribution in [3.8, 4) is 0 Å². The van der Waals surface area contributed by atoms with Crippen LogP contribution in [0, 0.1) is 11.3 Å². The van der Waals surface area contributed by atoms with Crippen LogP contribution in [0.3, 0.4) is 0 Å². The van der Waals surface area contributed by atoms with Gasteiger partial charge in [-0.3, -0.25) is 0 Å². The Hall–Kier alpha value is -0.620. The molecule has 1 aliphatic carbocycles. The van der Waals surface area contributed by atoms with Gasteiger partial charge in [-0.05, 0) is 37.2 Å². The van der Waals surface area contributed by atoms with Gasteiger partial charge >= 0.3 is 0 Å². The lowest BCUT2D eigenvalue weighted by Crippen LogP contribution is -2.39. The van der Waals surface area contributed by atoms with Gasteiger partial charge in [-0.25, -0.2) is 0 Å². The zero-order valence-electron chi connectivity index (χ0n) is 15.0. The van der Waals surface area contributed by atoms with Crippen molar-refractivity contribution in [2.45, 2.75) is 71.6 Å². The van der Waals surface area contributed by atoms with Gasteiger partial charge in [0.1, 0.15) is 6.10 Å². The highest BCUT2D eigenvalue weighted by Crippen LogP contribution is 2.45. The van der Waals surface area contributed by atoms with Crippen molar-refractivity contribution in [2.75, 3.05) is 19.7 Å². The van der Waals surface area contributed by atoms with Gasteiger partial charge < -0.3 is 24.6 Å². The summed E-state index contributed by atoms with van der Waals surface area (Å²) < 4.78 is 12.3. The smallest absolute Gasteiger partial charge is 0.172 e. The first kappa shape index (κ1) is 18.7. The zero-order valence-corrected chi connectivity index (χ0v) is 15.0. The Labute approximate surface area is 140 Å². The summed E-state index contributed by atoms with van der Waals surface area (Å²) in [6, 6.07) is 0. The van der Waals surface area contributed by atoms with Gasteiger partial charge in [0.2, 0.25) is 0 Å². The average Bonchev–Trinajstić information content (AvgIpc) is 2.85. The van der Waals surface area contributed by atoms with E-state index in [1.165, 1.54) is 6.08 Å². The minimum atomic E-state index is -1.41. The van der Waals surface area contributed by atoms with Gasteiger partial charge in [-0.15, -0.1) is 0 Å². The monoisotopic (exact) mass is 327 g/mol. The molecular weight excluding hydrogens is 294 g/mol. The Kier molecular flexibility index (Phi) is 6.11. The molecule has 1 spiro atoms. The van der Waals surface area contributed by atoms with E-state index in [1.54, 1.807) is 6.20 Å². The first-order valence-electron chi connectivity index (χ1n) is 8.84. The molecule has 1 heterocycles. The minimum Gasteiger partial charge on any atom is -0.375 e. The highest BCUT2D eigenvalue weighted by molar-refractivity contribution is 4.91. The second-order valence-electron chi connectivity index (χ2n) is 7.94. The average molecular weight is 327 g/mol. The molecule has 2 fully saturated rings. The van der Waals surface area contributed by atoms with Gasteiger partial charge in [0.15, 0.2) is 12.1 Å². The molecule has 0 radical (unpaired) electrons. The first-order chi connectivity index (χ1) is 10.7. The SMILES string of the molecule is CCN(/C=C/C(O)O)CC1COC2(CCC(C(C)(C)C)CC2)O1. The Morgan fingerprint density at radius 3 is 2.43 bits per heavy atom. The van der Waals surface area contributed by atoms with Crippen molar-refractivity contribution in [1.29, 1.82) is 0 Å². The lowest BCUT2D eigenvalue weighted by Gasteiger charge is -2.41. The Bertz CT molecular complexity index is 394. The molecule has 0 aromatic heterocycles. The highest BCUT2D eigenvalue weighted by atomic mass is 16.7. The van der Waals surface area contributed by atoms with Crippen LogP contribution < -0.4 is 0 Å². The molecule has 23 heavy (non-hydrogen) atoms. The number of hydrogen-bond donors (Lipinski definition) is 2. The predicted octanol–water partition coefficient (Wildman–Crippen LogP) is 2.48. The van der Waals surface area contributed by atoms with Crippen molar-refractivity contribution in [2.24, 2.45) is 11.3 Å². The maximum atomic E-state index is 8.93. The van der Waals surface area contributed by atoms with Crippen LogP contribution in [-0.2, 0) is 9.47 Å². The summed E-state index contributed by atoms with van der Waals surface area (Å²) in [5.74, 6) is 0.354. The fourth-order valence-corrected chi connectivity index (χ4v) is 3.65. The van der Waals surface area contributed by atoms with Crippen LogP contribution in [0.1, 0.15) is 53.4 Å². The third-order valence-electron chi connectivity index (χ3n) is 5.20. The molecule has 0 bridgehead atoms. The van der Waals surface area contributed by atoms with E-state index in [0.717, 1.165) is 38.1 Å². The van der Waals surface area contributed by atoms with E-state index >= 15 is 0 Å². The number of ether oxygens (including phenoxy) is 2. The van der Waals surface area contributed by atoms with Crippen molar-refractivity contribution in [3.05, 3.63) is 12.3 Å². The maximum Gasteiger partial charge on any atom is 0.172 e. The van der Waals surface area contributed by atoms with E-state index in [1.807, 2.05) is 11.8 Å². The van der Waals surface area contributed by atoms with E-state index in [2.05, 4.69) is 20.8 Å². The van der Waals surface area contributed by atoms with Crippen molar-refractivity contribution < 1.29 is 19.7 Å². The maximum absolute atomic E-state index is 8.93. The highest BCUT2D eigenvalue weighted by Gasteiger charge is 2.45. The summed E-state index contributed by atoms with van der Waals surface area (Å²) in [4.78, 5) is 2.02. The van der Waals surface area contributed by atoms with Crippen LogP contribution in [0.15, 0.2) is 12.3 Å². The van der Waals surface area contributed by atoms with Crippen LogP contribution in [-0.4, -0.2) is 53.0 Å². The molecular formula is C18H33NO4. The quantitative estimate of drug-likeness (QED) is 0.760. The van der Waals surface area contributed by atoms with E-state index < -0.39 is 6.29 Å². The number of likely N-dealkylation sites (N-methyl/N-ethyl adjacent to an activating group) is 1. The molecule has 5 heteroatoms. The summed E-state index contributed by atoms with van der Waals surface area (Å²) in [5.41, 5.74) is 0.356. The van der Waals surface area contributed by atoms with Gasteiger partial charge in [0.05, 0.1) is 6.61 Å². The number of hydrogen-bond acceptors (Lipinski definition) is 5. The fraction of sp³-hybridized carbons (Fsp3) is 0.889. The van der Waals surface area contributed by atoms with Crippen LogP contribution in [0.5, 0.6) is 0 Å². The number of nitrogens with zero attached hydrogens (tertiary/aromatic N) is 1. The fourth-order valence-electron chi connectivity index (χ4n) is 3.65. The first-order valence-corrected chi connectivity index (χ1v) is 8.84. The van der Waals surface area contributed by atoms with E-state index in [-0.39, 0.29) is 11.9 Å². The molecule has 1 saturated heterocycles. The van der Waals surface area contributed by atoms with Crippen LogP contribution in [0.2, 0.25) is 0 Å². The van der Waals surface area contributed by atoms with E-state index in [4.69, 9.17) is 19.7 Å². The van der Waals surface area contributed by atoms with Crippen molar-refractivity contribution in [1.82, 2.24) is 4.90 Å². The Balaban J connectivity index is 1.84. The van der Waals surface area contributed by atoms with Crippen LogP contribution >= 0.6 is 0 Å². The van der Waals surface area contributed by atoms with Gasteiger partial charge in [0.25, 0.3) is 0 Å². The Morgan fingerprint density at radius 1 is 1.26 bits per heavy atom. The molecule has 1 atom stereocenters. The molecule has 2 rings (SSSR count). The van der Waals surface area contributed by atoms with Gasteiger partial charge in [-0.2, -0.15) is 0 Å². The normalized spacial score (nSPS) is 32.3. The van der Waals surface area contributed by atoms with E-state index in [9.17, 15) is 0 Å². The molecule has 1 aliphatic heterocycles. The topological polar surface area (TPSA) is 62.2 Å². The minimum absolute atomic E-state index is 0.0432. The summed E-state index contributed by atoms with van der Waals surface area (Å²) in [5, 5.41) is 17.9. The largest absolute Gasteiger partial charge is 0.375 e. The molecule has 0 aromatic rings. The lowest BCUT2D eigenvalue weighted by molar-refractivity contribution is -0.197. The summed E-state index contributed by atoms with van der Waals surface area (Å²) in [7, 11) is 0. The molecule has 2 N–H and O–H groups in total. The number of rotatable bonds is 5. The summed E-state index contributed by atoms with van der Waals surface area (Å²) in [6.07, 6.45) is 5.98. The van der Waals surface area contributed by atoms with E-state index in [0.29, 0.717) is 18.6 Å². The zero-order chi connectivity index (χ0) is 17.1. The summed E-state index contributed by atoms with van der Waals surface area (Å²) in [6.45, 7) is 11.1. The predicted molar refractivity (Wildman–Crippen MR) is 89.6 cm³/mol.